The van der Waals surface area contributed by atoms with Crippen molar-refractivity contribution >= 4 is 17.8 Å². The Hall–Kier alpha value is -0.370. The molecule has 0 fully saturated rings. The summed E-state index contributed by atoms with van der Waals surface area (Å²) < 4.78 is 4.58. The third kappa shape index (κ3) is 5.63. The van der Waals surface area contributed by atoms with Crippen molar-refractivity contribution in [2.75, 3.05) is 0 Å². The maximum absolute atomic E-state index is 4.58. The molecular weight excluding hydrogens is 108 g/mol. The van der Waals surface area contributed by atoms with Crippen molar-refractivity contribution < 1.29 is 4.74 Å². The number of hydrogen-bond donors (Lipinski definition) is 0. The van der Waals surface area contributed by atoms with Gasteiger partial charge in [0.15, 0.2) is 5.55 Å². The van der Waals surface area contributed by atoms with Crippen molar-refractivity contribution in [1.82, 2.24) is 0 Å². The molecule has 0 saturated carbocycles. The van der Waals surface area contributed by atoms with E-state index in [1.807, 2.05) is 13.0 Å². The minimum absolute atomic E-state index is 0.989. The van der Waals surface area contributed by atoms with E-state index in [1.54, 1.807) is 6.26 Å². The molecule has 0 spiro atoms. The van der Waals surface area contributed by atoms with Crippen LogP contribution in [-0.2, 0) is 4.74 Å². The van der Waals surface area contributed by atoms with Crippen molar-refractivity contribution in [2.24, 2.45) is 0 Å². The minimum Gasteiger partial charge on any atom is -0.462 e. The summed E-state index contributed by atoms with van der Waals surface area (Å²) in [6.07, 6.45) is 4.46. The predicted octanol–water partition coefficient (Wildman–Crippen LogP) is 1.88. The van der Waals surface area contributed by atoms with Gasteiger partial charge >= 0.3 is 0 Å². The van der Waals surface area contributed by atoms with E-state index in [0.717, 1.165) is 6.42 Å². The van der Waals surface area contributed by atoms with Crippen molar-refractivity contribution in [2.45, 2.75) is 13.3 Å². The largest absolute Gasteiger partial charge is 0.462 e. The average Bonchev–Trinajstić information content (AvgIpc) is 1.69. The van der Waals surface area contributed by atoms with Crippen LogP contribution in [0, 0.1) is 0 Å². The number of hydrogen-bond acceptors (Lipinski definition) is 2. The van der Waals surface area contributed by atoms with Gasteiger partial charge in [0.05, 0.1) is 6.26 Å². The fourth-order valence-corrected chi connectivity index (χ4v) is 0.248. The number of allylic oxidation sites excluding steroid dienone is 1. The Morgan fingerprint density at radius 3 is 2.86 bits per heavy atom. The van der Waals surface area contributed by atoms with Crippen molar-refractivity contribution in [3.63, 3.8) is 0 Å². The first-order valence-electron chi connectivity index (χ1n) is 2.16. The summed E-state index contributed by atoms with van der Waals surface area (Å²) in [5, 5.41) is 0. The molecule has 0 aliphatic rings. The lowest BCUT2D eigenvalue weighted by molar-refractivity contribution is 0.502. The zero-order valence-electron chi connectivity index (χ0n) is 4.26. The van der Waals surface area contributed by atoms with Gasteiger partial charge in [0.1, 0.15) is 0 Å². The van der Waals surface area contributed by atoms with Gasteiger partial charge in [-0.3, -0.25) is 0 Å². The molecule has 0 aliphatic carbocycles. The van der Waals surface area contributed by atoms with E-state index in [-0.39, 0.29) is 0 Å². The van der Waals surface area contributed by atoms with E-state index in [4.69, 9.17) is 0 Å². The van der Waals surface area contributed by atoms with Crippen LogP contribution in [0.25, 0.3) is 0 Å². The average molecular weight is 116 g/mol. The zero-order valence-corrected chi connectivity index (χ0v) is 5.07. The monoisotopic (exact) mass is 116 g/mol. The van der Waals surface area contributed by atoms with Crippen LogP contribution in [0.3, 0.4) is 0 Å². The Morgan fingerprint density at radius 1 is 1.71 bits per heavy atom. The minimum atomic E-state index is 0.989. The van der Waals surface area contributed by atoms with Crippen LogP contribution in [0.2, 0.25) is 0 Å². The molecule has 0 atom stereocenters. The summed E-state index contributed by atoms with van der Waals surface area (Å²) in [6.45, 7) is 2.03. The molecule has 0 aliphatic heterocycles. The number of thiocarbonyl (C=S) groups is 1. The van der Waals surface area contributed by atoms with Crippen LogP contribution in [0.5, 0.6) is 0 Å². The summed E-state index contributed by atoms with van der Waals surface area (Å²) in [4.78, 5) is 0. The van der Waals surface area contributed by atoms with Crippen LogP contribution in [-0.4, -0.2) is 5.55 Å². The van der Waals surface area contributed by atoms with Crippen LogP contribution >= 0.6 is 12.2 Å². The smallest absolute Gasteiger partial charge is 0.153 e. The first-order chi connectivity index (χ1) is 3.41. The lowest BCUT2D eigenvalue weighted by Crippen LogP contribution is -1.67. The second kappa shape index (κ2) is 5.63. The molecule has 0 unspecified atom stereocenters. The van der Waals surface area contributed by atoms with Crippen molar-refractivity contribution in [3.05, 3.63) is 12.3 Å². The second-order valence-corrected chi connectivity index (χ2v) is 1.20. The van der Waals surface area contributed by atoms with Crippen LogP contribution in [0.4, 0.5) is 0 Å². The molecule has 40 valence electrons. The van der Waals surface area contributed by atoms with Gasteiger partial charge in [-0.1, -0.05) is 6.92 Å². The van der Waals surface area contributed by atoms with Gasteiger partial charge in [0.2, 0.25) is 0 Å². The normalized spacial score (nSPS) is 9.29. The molecule has 0 bridgehead atoms. The Labute approximate surface area is 49.0 Å². The highest BCUT2D eigenvalue weighted by atomic mass is 32.1. The Balaban J connectivity index is 2.92. The van der Waals surface area contributed by atoms with E-state index in [2.05, 4.69) is 17.0 Å². The third-order valence-electron chi connectivity index (χ3n) is 0.466. The highest BCUT2D eigenvalue weighted by molar-refractivity contribution is 7.78. The Morgan fingerprint density at radius 2 is 2.43 bits per heavy atom. The summed E-state index contributed by atoms with van der Waals surface area (Å²) in [6, 6.07) is 0. The van der Waals surface area contributed by atoms with E-state index in [0.29, 0.717) is 0 Å². The van der Waals surface area contributed by atoms with Crippen molar-refractivity contribution in [3.8, 4) is 0 Å². The second-order valence-electron chi connectivity index (χ2n) is 1.01. The lowest BCUT2D eigenvalue weighted by atomic mass is 10.5. The quantitative estimate of drug-likeness (QED) is 0.411. The number of ether oxygens (including phenoxy) is 1. The van der Waals surface area contributed by atoms with Gasteiger partial charge < -0.3 is 4.74 Å². The molecule has 0 saturated heterocycles. The molecule has 0 N–H and O–H groups in total. The molecule has 0 amide bonds. The van der Waals surface area contributed by atoms with Gasteiger partial charge in [-0.05, 0) is 24.7 Å². The van der Waals surface area contributed by atoms with Crippen molar-refractivity contribution in [1.29, 1.82) is 0 Å². The SMILES string of the molecule is CCC=COC=S. The molecule has 0 aromatic heterocycles. The molecular formula is C5H8OS. The summed E-state index contributed by atoms with van der Waals surface area (Å²) in [5.74, 6) is 0. The van der Waals surface area contributed by atoms with E-state index < -0.39 is 0 Å². The van der Waals surface area contributed by atoms with Gasteiger partial charge in [0.25, 0.3) is 0 Å². The highest BCUT2D eigenvalue weighted by Gasteiger charge is 1.62. The third-order valence-corrected chi connectivity index (χ3v) is 0.577. The first-order valence-corrected chi connectivity index (χ1v) is 2.63. The topological polar surface area (TPSA) is 9.23 Å². The summed E-state index contributed by atoms with van der Waals surface area (Å²) in [7, 11) is 0. The Kier molecular flexibility index (Phi) is 5.33. The maximum Gasteiger partial charge on any atom is 0.153 e. The summed E-state index contributed by atoms with van der Waals surface area (Å²) >= 11 is 4.37. The van der Waals surface area contributed by atoms with Crippen LogP contribution in [0.15, 0.2) is 12.3 Å². The molecule has 0 aromatic rings. The lowest BCUT2D eigenvalue weighted by Gasteiger charge is -1.80. The molecule has 0 rings (SSSR count). The van der Waals surface area contributed by atoms with Gasteiger partial charge in [-0.25, -0.2) is 0 Å². The standard InChI is InChI=1S/C5H8OS/c1-2-3-4-6-5-7/h3-5H,2H2,1H3. The predicted molar refractivity (Wildman–Crippen MR) is 34.2 cm³/mol. The van der Waals surface area contributed by atoms with Crippen LogP contribution < -0.4 is 0 Å². The molecule has 0 heterocycles. The zero-order chi connectivity index (χ0) is 5.54. The molecule has 2 heteroatoms. The summed E-state index contributed by atoms with van der Waals surface area (Å²) in [5.41, 5.74) is 1.23. The highest BCUT2D eigenvalue weighted by Crippen LogP contribution is 1.77. The fourth-order valence-electron chi connectivity index (χ4n) is 0.184. The molecule has 7 heavy (non-hydrogen) atoms. The van der Waals surface area contributed by atoms with E-state index in [1.165, 1.54) is 5.55 Å². The van der Waals surface area contributed by atoms with Crippen LogP contribution in [0.1, 0.15) is 13.3 Å². The first kappa shape index (κ1) is 6.63. The molecule has 1 nitrogen and oxygen atoms in total. The van der Waals surface area contributed by atoms with E-state index in [9.17, 15) is 0 Å². The van der Waals surface area contributed by atoms with Gasteiger partial charge in [0, 0.05) is 0 Å². The maximum atomic E-state index is 4.58. The van der Waals surface area contributed by atoms with E-state index >= 15 is 0 Å². The van der Waals surface area contributed by atoms with Gasteiger partial charge in [-0.2, -0.15) is 0 Å². The fraction of sp³-hybridized carbons (Fsp3) is 0.400. The molecule has 0 aromatic carbocycles. The number of rotatable bonds is 3. The van der Waals surface area contributed by atoms with Gasteiger partial charge in [-0.15, -0.1) is 0 Å². The Bertz CT molecular complexity index is 68.5. The molecule has 0 radical (unpaired) electrons.